The Labute approximate surface area is 119 Å². The van der Waals surface area contributed by atoms with Gasteiger partial charge < -0.3 is 0 Å². The summed E-state index contributed by atoms with van der Waals surface area (Å²) in [7, 11) is 0. The minimum absolute atomic E-state index is 0. The summed E-state index contributed by atoms with van der Waals surface area (Å²) >= 11 is 0. The third kappa shape index (κ3) is 2.97. The molecule has 0 aliphatic heterocycles. The second-order valence-electron chi connectivity index (χ2n) is 4.67. The topological polar surface area (TPSA) is 0 Å². The van der Waals surface area contributed by atoms with Gasteiger partial charge in [-0.1, -0.05) is 107 Å². The van der Waals surface area contributed by atoms with Gasteiger partial charge in [0.2, 0.25) is 6.71 Å². The van der Waals surface area contributed by atoms with Crippen LogP contribution in [0.4, 0.5) is 4.70 Å². The maximum Gasteiger partial charge on any atom is 0.241 e. The van der Waals surface area contributed by atoms with Crippen LogP contribution >= 0.6 is 0 Å². The van der Waals surface area contributed by atoms with Crippen molar-refractivity contribution in [2.75, 3.05) is 0 Å². The molecule has 0 N–H and O–H groups in total. The van der Waals surface area contributed by atoms with Gasteiger partial charge in [0, 0.05) is 0 Å². The monoisotopic (exact) mass is 262 g/mol. The second kappa shape index (κ2) is 6.71. The van der Waals surface area contributed by atoms with Crippen molar-refractivity contribution in [3.63, 3.8) is 0 Å². The van der Waals surface area contributed by atoms with E-state index < -0.39 is 0 Å². The van der Waals surface area contributed by atoms with Crippen molar-refractivity contribution in [2.24, 2.45) is 0 Å². The van der Waals surface area contributed by atoms with Crippen LogP contribution in [0.5, 0.6) is 0 Å². The minimum Gasteiger partial charge on any atom is -0.269 e. The molecule has 0 aromatic heterocycles. The SMILES string of the molecule is F.c1ccc(B(c2ccccc2)c2ccccc2)cc1. The van der Waals surface area contributed by atoms with Crippen LogP contribution in [0.3, 0.4) is 0 Å². The van der Waals surface area contributed by atoms with Gasteiger partial charge in [-0.05, 0) is 0 Å². The molecule has 0 saturated heterocycles. The van der Waals surface area contributed by atoms with E-state index in [9.17, 15) is 0 Å². The smallest absolute Gasteiger partial charge is 0.241 e. The summed E-state index contributed by atoms with van der Waals surface area (Å²) in [5, 5.41) is 0. The zero-order chi connectivity index (χ0) is 12.9. The maximum atomic E-state index is 2.20. The average molecular weight is 262 g/mol. The fourth-order valence-corrected chi connectivity index (χ4v) is 2.51. The number of rotatable bonds is 3. The molecule has 0 atom stereocenters. The molecule has 3 aromatic carbocycles. The fraction of sp³-hybridized carbons (Fsp3) is 0. The van der Waals surface area contributed by atoms with Crippen LogP contribution < -0.4 is 16.4 Å². The molecule has 2 heteroatoms. The van der Waals surface area contributed by atoms with Gasteiger partial charge in [0.05, 0.1) is 0 Å². The van der Waals surface area contributed by atoms with E-state index in [0.29, 0.717) is 6.71 Å². The van der Waals surface area contributed by atoms with E-state index in [2.05, 4.69) is 91.0 Å². The number of benzene rings is 3. The highest BCUT2D eigenvalue weighted by molar-refractivity contribution is 6.95. The molecule has 3 rings (SSSR count). The van der Waals surface area contributed by atoms with Crippen LogP contribution in [0.15, 0.2) is 91.0 Å². The highest BCUT2D eigenvalue weighted by atomic mass is 19.0. The average Bonchev–Trinajstić information content (AvgIpc) is 2.51. The molecule has 0 bridgehead atoms. The van der Waals surface area contributed by atoms with Crippen LogP contribution in [0.1, 0.15) is 0 Å². The van der Waals surface area contributed by atoms with Crippen molar-refractivity contribution in [1.29, 1.82) is 0 Å². The summed E-state index contributed by atoms with van der Waals surface area (Å²) in [6.07, 6.45) is 0. The van der Waals surface area contributed by atoms with Crippen LogP contribution in [0.25, 0.3) is 0 Å². The van der Waals surface area contributed by atoms with Crippen LogP contribution in [-0.2, 0) is 0 Å². The Morgan fingerprint density at radius 3 is 0.900 bits per heavy atom. The second-order valence-corrected chi connectivity index (χ2v) is 4.67. The third-order valence-electron chi connectivity index (χ3n) is 3.40. The summed E-state index contributed by atoms with van der Waals surface area (Å²) in [6, 6.07) is 32.0. The van der Waals surface area contributed by atoms with E-state index >= 15 is 0 Å². The van der Waals surface area contributed by atoms with E-state index in [0.717, 1.165) is 0 Å². The van der Waals surface area contributed by atoms with Crippen molar-refractivity contribution in [2.45, 2.75) is 0 Å². The largest absolute Gasteiger partial charge is 0.269 e. The lowest BCUT2D eigenvalue weighted by atomic mass is 9.37. The van der Waals surface area contributed by atoms with Crippen LogP contribution in [-0.4, -0.2) is 6.71 Å². The van der Waals surface area contributed by atoms with Crippen LogP contribution in [0.2, 0.25) is 0 Å². The van der Waals surface area contributed by atoms with Gasteiger partial charge in [0.15, 0.2) is 0 Å². The number of hydrogen-bond donors (Lipinski definition) is 0. The highest BCUT2D eigenvalue weighted by Crippen LogP contribution is 1.95. The normalized spacial score (nSPS) is 9.60. The first-order valence-electron chi connectivity index (χ1n) is 6.60. The summed E-state index contributed by atoms with van der Waals surface area (Å²) in [5.41, 5.74) is 4.00. The lowest BCUT2D eigenvalue weighted by molar-refractivity contribution is 1.11. The molecule has 0 aliphatic rings. The van der Waals surface area contributed by atoms with Gasteiger partial charge in [-0.2, -0.15) is 0 Å². The van der Waals surface area contributed by atoms with Crippen molar-refractivity contribution in [3.8, 4) is 0 Å². The molecular weight excluding hydrogens is 246 g/mol. The summed E-state index contributed by atoms with van der Waals surface area (Å²) in [4.78, 5) is 0. The molecule has 0 amide bonds. The molecule has 98 valence electrons. The van der Waals surface area contributed by atoms with Crippen LogP contribution in [0, 0.1) is 0 Å². The molecule has 0 saturated carbocycles. The van der Waals surface area contributed by atoms with Gasteiger partial charge in [0.25, 0.3) is 0 Å². The molecular formula is C18H16BF. The van der Waals surface area contributed by atoms with Gasteiger partial charge in [-0.15, -0.1) is 0 Å². The van der Waals surface area contributed by atoms with Gasteiger partial charge in [-0.3, -0.25) is 4.70 Å². The molecule has 0 aliphatic carbocycles. The molecule has 20 heavy (non-hydrogen) atoms. The first-order valence-corrected chi connectivity index (χ1v) is 6.60. The summed E-state index contributed by atoms with van der Waals surface area (Å²) in [6.45, 7) is 0.309. The Bertz CT molecular complexity index is 529. The van der Waals surface area contributed by atoms with E-state index in [1.54, 1.807) is 0 Å². The zero-order valence-electron chi connectivity index (χ0n) is 11.1. The molecule has 0 spiro atoms. The number of halogens is 1. The van der Waals surface area contributed by atoms with Gasteiger partial charge >= 0.3 is 0 Å². The van der Waals surface area contributed by atoms with Crippen molar-refractivity contribution >= 4 is 23.1 Å². The van der Waals surface area contributed by atoms with Crippen molar-refractivity contribution in [3.05, 3.63) is 91.0 Å². The predicted octanol–water partition coefficient (Wildman–Crippen LogP) is 2.36. The van der Waals surface area contributed by atoms with E-state index in [-0.39, 0.29) is 4.70 Å². The summed E-state index contributed by atoms with van der Waals surface area (Å²) < 4.78 is 0. The predicted molar refractivity (Wildman–Crippen MR) is 86.5 cm³/mol. The molecule has 3 aromatic rings. The third-order valence-corrected chi connectivity index (χ3v) is 3.40. The van der Waals surface area contributed by atoms with E-state index in [1.165, 1.54) is 16.4 Å². The maximum absolute atomic E-state index is 2.20. The lowest BCUT2D eigenvalue weighted by Crippen LogP contribution is -2.51. The molecule has 0 nitrogen and oxygen atoms in total. The Kier molecular flexibility index (Phi) is 4.72. The Morgan fingerprint density at radius 2 is 0.650 bits per heavy atom. The van der Waals surface area contributed by atoms with Crippen molar-refractivity contribution in [1.82, 2.24) is 0 Å². The Balaban J connectivity index is 0.00000147. The van der Waals surface area contributed by atoms with Gasteiger partial charge in [-0.25, -0.2) is 0 Å². The molecule has 0 radical (unpaired) electrons. The highest BCUT2D eigenvalue weighted by Gasteiger charge is 2.20. The van der Waals surface area contributed by atoms with E-state index in [1.807, 2.05) is 0 Å². The first-order chi connectivity index (χ1) is 9.45. The quantitative estimate of drug-likeness (QED) is 0.636. The number of hydrogen-bond acceptors (Lipinski definition) is 0. The molecule has 0 fully saturated rings. The lowest BCUT2D eigenvalue weighted by Gasteiger charge is -2.15. The standard InChI is InChI=1S/C18H15B.FH/c1-4-10-16(11-5-1)19(17-12-6-2-7-13-17)18-14-8-3-9-15-18;/h1-15H;1H. The fourth-order valence-electron chi connectivity index (χ4n) is 2.51. The Morgan fingerprint density at radius 1 is 0.400 bits per heavy atom. The van der Waals surface area contributed by atoms with Gasteiger partial charge in [0.1, 0.15) is 0 Å². The Hall–Kier alpha value is -2.35. The van der Waals surface area contributed by atoms with Crippen molar-refractivity contribution < 1.29 is 4.70 Å². The minimum atomic E-state index is 0. The first kappa shape index (κ1) is 14.1. The van der Waals surface area contributed by atoms with E-state index in [4.69, 9.17) is 0 Å². The summed E-state index contributed by atoms with van der Waals surface area (Å²) in [5.74, 6) is 0. The zero-order valence-corrected chi connectivity index (χ0v) is 11.1. The molecule has 0 unspecified atom stereocenters. The molecule has 0 heterocycles.